The number of nitrogens with two attached hydrogens (primary N) is 1. The number of hydrogen-bond acceptors (Lipinski definition) is 3. The first-order valence-corrected chi connectivity index (χ1v) is 9.59. The van der Waals surface area contributed by atoms with Crippen molar-refractivity contribution in [2.45, 2.75) is 39.2 Å². The van der Waals surface area contributed by atoms with Crippen molar-refractivity contribution in [2.24, 2.45) is 16.6 Å². The van der Waals surface area contributed by atoms with Crippen LogP contribution in [0.5, 0.6) is 5.75 Å². The summed E-state index contributed by atoms with van der Waals surface area (Å²) in [5.41, 5.74) is 5.36. The number of piperidine rings is 1. The minimum atomic E-state index is -0.233. The number of amides is 1. The number of rotatable bonds is 7. The van der Waals surface area contributed by atoms with Crippen LogP contribution >= 0.6 is 11.6 Å². The van der Waals surface area contributed by atoms with E-state index in [1.54, 1.807) is 0 Å². The van der Waals surface area contributed by atoms with E-state index in [-0.39, 0.29) is 12.0 Å². The van der Waals surface area contributed by atoms with Gasteiger partial charge in [-0.25, -0.2) is 4.99 Å². The van der Waals surface area contributed by atoms with Gasteiger partial charge in [0.2, 0.25) is 5.91 Å². The van der Waals surface area contributed by atoms with E-state index in [1.807, 2.05) is 38.1 Å². The lowest BCUT2D eigenvalue weighted by molar-refractivity contribution is -0.119. The molecule has 26 heavy (non-hydrogen) atoms. The van der Waals surface area contributed by atoms with Crippen LogP contribution in [-0.4, -0.2) is 49.0 Å². The van der Waals surface area contributed by atoms with Gasteiger partial charge in [0.15, 0.2) is 5.96 Å². The topological polar surface area (TPSA) is 80.0 Å². The van der Waals surface area contributed by atoms with Crippen molar-refractivity contribution >= 4 is 23.5 Å². The molecule has 6 nitrogen and oxygen atoms in total. The largest absolute Gasteiger partial charge is 0.489 e. The third-order valence-electron chi connectivity index (χ3n) is 4.29. The van der Waals surface area contributed by atoms with Crippen LogP contribution in [0, 0.1) is 5.92 Å². The van der Waals surface area contributed by atoms with Crippen LogP contribution in [0.4, 0.5) is 0 Å². The Morgan fingerprint density at radius 1 is 1.46 bits per heavy atom. The second kappa shape index (κ2) is 10.3. The first kappa shape index (κ1) is 20.4. The number of primary amides is 1. The van der Waals surface area contributed by atoms with E-state index in [4.69, 9.17) is 27.1 Å². The molecule has 1 aromatic carbocycles. The molecule has 1 saturated heterocycles. The number of carbonyl (C=O) groups is 1. The number of aliphatic imine (C=N–C) groups is 1. The number of halogens is 1. The maximum Gasteiger partial charge on any atom is 0.217 e. The van der Waals surface area contributed by atoms with Crippen LogP contribution in [-0.2, 0) is 4.79 Å². The number of benzene rings is 1. The average Bonchev–Trinajstić information content (AvgIpc) is 2.60. The van der Waals surface area contributed by atoms with Gasteiger partial charge in [0, 0.05) is 31.1 Å². The number of ether oxygens (including phenoxy) is 1. The van der Waals surface area contributed by atoms with Gasteiger partial charge in [0.05, 0.1) is 6.54 Å². The fourth-order valence-electron chi connectivity index (χ4n) is 3.13. The first-order valence-electron chi connectivity index (χ1n) is 9.21. The summed E-state index contributed by atoms with van der Waals surface area (Å²) >= 11 is 5.89. The van der Waals surface area contributed by atoms with Gasteiger partial charge in [-0.05, 0) is 56.9 Å². The van der Waals surface area contributed by atoms with E-state index in [9.17, 15) is 4.79 Å². The molecule has 0 bridgehead atoms. The van der Waals surface area contributed by atoms with Crippen molar-refractivity contribution in [3.63, 3.8) is 0 Å². The number of likely N-dealkylation sites (tertiary alicyclic amines) is 1. The fraction of sp³-hybridized carbons (Fsp3) is 0.579. The third-order valence-corrected chi connectivity index (χ3v) is 4.54. The molecule has 144 valence electrons. The molecule has 3 N–H and O–H groups in total. The average molecular weight is 381 g/mol. The molecule has 0 radical (unpaired) electrons. The lowest BCUT2D eigenvalue weighted by atomic mass is 9.95. The van der Waals surface area contributed by atoms with Crippen molar-refractivity contribution < 1.29 is 9.53 Å². The summed E-state index contributed by atoms with van der Waals surface area (Å²) in [5.74, 6) is 1.71. The molecule has 2 atom stereocenters. The van der Waals surface area contributed by atoms with E-state index in [1.165, 1.54) is 0 Å². The molecule has 0 saturated carbocycles. The number of nitrogens with one attached hydrogen (secondary N) is 1. The monoisotopic (exact) mass is 380 g/mol. The standard InChI is InChI=1S/C19H29ClN4O2/c1-3-22-19(24-10-4-5-15(13-24)11-18(21)25)23-12-14(2)26-17-8-6-16(20)7-9-17/h6-9,14-15H,3-5,10-13H2,1-2H3,(H2,21,25)(H,22,23). The summed E-state index contributed by atoms with van der Waals surface area (Å²) in [6.45, 7) is 7.13. The van der Waals surface area contributed by atoms with Crippen LogP contribution in [0.25, 0.3) is 0 Å². The van der Waals surface area contributed by atoms with Crippen molar-refractivity contribution in [3.8, 4) is 5.75 Å². The molecule has 1 amide bonds. The first-order chi connectivity index (χ1) is 12.5. The zero-order chi connectivity index (χ0) is 18.9. The lowest BCUT2D eigenvalue weighted by Crippen LogP contribution is -2.47. The molecular weight excluding hydrogens is 352 g/mol. The predicted molar refractivity (Wildman–Crippen MR) is 106 cm³/mol. The molecule has 2 rings (SSSR count). The van der Waals surface area contributed by atoms with Crippen molar-refractivity contribution in [2.75, 3.05) is 26.2 Å². The zero-order valence-corrected chi connectivity index (χ0v) is 16.3. The van der Waals surface area contributed by atoms with Crippen molar-refractivity contribution in [3.05, 3.63) is 29.3 Å². The number of hydrogen-bond donors (Lipinski definition) is 2. The van der Waals surface area contributed by atoms with Gasteiger partial charge in [-0.2, -0.15) is 0 Å². The number of carbonyl (C=O) groups excluding carboxylic acids is 1. The van der Waals surface area contributed by atoms with E-state index in [0.29, 0.717) is 23.9 Å². The Morgan fingerprint density at radius 3 is 2.85 bits per heavy atom. The molecule has 0 spiro atoms. The van der Waals surface area contributed by atoms with Gasteiger partial charge in [-0.1, -0.05) is 11.6 Å². The molecule has 0 aliphatic carbocycles. The fourth-order valence-corrected chi connectivity index (χ4v) is 3.26. The quantitative estimate of drug-likeness (QED) is 0.563. The highest BCUT2D eigenvalue weighted by molar-refractivity contribution is 6.30. The number of nitrogens with zero attached hydrogens (tertiary/aromatic N) is 2. The van der Waals surface area contributed by atoms with E-state index < -0.39 is 0 Å². The van der Waals surface area contributed by atoms with Gasteiger partial charge in [0.1, 0.15) is 11.9 Å². The van der Waals surface area contributed by atoms with Crippen LogP contribution in [0.2, 0.25) is 5.02 Å². The highest BCUT2D eigenvalue weighted by atomic mass is 35.5. The molecule has 0 aromatic heterocycles. The molecule has 1 fully saturated rings. The third kappa shape index (κ3) is 6.75. The second-order valence-corrected chi connectivity index (χ2v) is 7.14. The van der Waals surface area contributed by atoms with E-state index in [2.05, 4.69) is 10.2 Å². The van der Waals surface area contributed by atoms with Crippen LogP contribution in [0.3, 0.4) is 0 Å². The minimum Gasteiger partial charge on any atom is -0.489 e. The molecule has 2 unspecified atom stereocenters. The van der Waals surface area contributed by atoms with E-state index in [0.717, 1.165) is 44.2 Å². The zero-order valence-electron chi connectivity index (χ0n) is 15.6. The normalized spacial score (nSPS) is 19.1. The minimum absolute atomic E-state index is 0.0592. The second-order valence-electron chi connectivity index (χ2n) is 6.70. The Kier molecular flexibility index (Phi) is 8.04. The lowest BCUT2D eigenvalue weighted by Gasteiger charge is -2.34. The Morgan fingerprint density at radius 2 is 2.19 bits per heavy atom. The highest BCUT2D eigenvalue weighted by Crippen LogP contribution is 2.20. The maximum atomic E-state index is 11.2. The highest BCUT2D eigenvalue weighted by Gasteiger charge is 2.23. The maximum absolute atomic E-state index is 11.2. The summed E-state index contributed by atoms with van der Waals surface area (Å²) in [4.78, 5) is 18.2. The van der Waals surface area contributed by atoms with Gasteiger partial charge in [-0.15, -0.1) is 0 Å². The van der Waals surface area contributed by atoms with E-state index >= 15 is 0 Å². The predicted octanol–water partition coefficient (Wildman–Crippen LogP) is 2.66. The van der Waals surface area contributed by atoms with Gasteiger partial charge < -0.3 is 20.7 Å². The summed E-state index contributed by atoms with van der Waals surface area (Å²) in [7, 11) is 0. The summed E-state index contributed by atoms with van der Waals surface area (Å²) in [5, 5.41) is 4.03. The Labute approximate surface area is 160 Å². The van der Waals surface area contributed by atoms with Gasteiger partial charge >= 0.3 is 0 Å². The van der Waals surface area contributed by atoms with Crippen molar-refractivity contribution in [1.29, 1.82) is 0 Å². The molecule has 1 aromatic rings. The summed E-state index contributed by atoms with van der Waals surface area (Å²) in [6, 6.07) is 7.33. The van der Waals surface area contributed by atoms with Gasteiger partial charge in [0.25, 0.3) is 0 Å². The SMILES string of the molecule is CCNC(=NCC(C)Oc1ccc(Cl)cc1)N1CCCC(CC(N)=O)C1. The van der Waals surface area contributed by atoms with Crippen LogP contribution in [0.15, 0.2) is 29.3 Å². The molecule has 1 aliphatic rings. The number of guanidine groups is 1. The Balaban J connectivity index is 1.94. The molecule has 7 heteroatoms. The van der Waals surface area contributed by atoms with Crippen molar-refractivity contribution in [1.82, 2.24) is 10.2 Å². The summed E-state index contributed by atoms with van der Waals surface area (Å²) < 4.78 is 5.89. The van der Waals surface area contributed by atoms with Crippen LogP contribution in [0.1, 0.15) is 33.1 Å². The van der Waals surface area contributed by atoms with Gasteiger partial charge in [-0.3, -0.25) is 4.79 Å². The molecule has 1 heterocycles. The summed E-state index contributed by atoms with van der Waals surface area (Å²) in [6.07, 6.45) is 2.45. The molecular formula is C19H29ClN4O2. The van der Waals surface area contributed by atoms with Crippen LogP contribution < -0.4 is 15.8 Å². The Hall–Kier alpha value is -1.95. The Bertz CT molecular complexity index is 606. The smallest absolute Gasteiger partial charge is 0.217 e. The molecule has 1 aliphatic heterocycles.